The number of rotatable bonds is 4. The number of hydrogen-bond acceptors (Lipinski definition) is 8. The second kappa shape index (κ2) is 6.21. The van der Waals surface area contributed by atoms with Crippen LogP contribution in [0.3, 0.4) is 0 Å². The van der Waals surface area contributed by atoms with Crippen molar-refractivity contribution in [2.45, 2.75) is 10.3 Å². The van der Waals surface area contributed by atoms with Gasteiger partial charge in [0.15, 0.2) is 0 Å². The molecule has 0 amide bonds. The van der Waals surface area contributed by atoms with Crippen molar-refractivity contribution in [2.24, 2.45) is 10.4 Å². The van der Waals surface area contributed by atoms with Gasteiger partial charge in [-0.3, -0.25) is 0 Å². The Labute approximate surface area is 159 Å². The van der Waals surface area contributed by atoms with Gasteiger partial charge in [-0.25, -0.2) is 26.8 Å². The lowest BCUT2D eigenvalue weighted by Gasteiger charge is -2.02. The minimum Gasteiger partial charge on any atom is -0.221 e. The fourth-order valence-electron chi connectivity index (χ4n) is 2.72. The van der Waals surface area contributed by atoms with Gasteiger partial charge in [-0.05, 0) is 34.7 Å². The fraction of sp³-hybridized carbons (Fsp3) is 0.125. The van der Waals surface area contributed by atoms with Crippen LogP contribution in [-0.4, -0.2) is 48.7 Å². The summed E-state index contributed by atoms with van der Waals surface area (Å²) in [6.07, 6.45) is 2.02. The third kappa shape index (κ3) is 3.05. The molecule has 0 fully saturated rings. The molecular weight excluding hydrogens is 404 g/mol. The van der Waals surface area contributed by atoms with Gasteiger partial charge in [0.2, 0.25) is 19.7 Å². The first-order valence-corrected chi connectivity index (χ1v) is 11.7. The molecule has 0 saturated carbocycles. The fourth-order valence-corrected chi connectivity index (χ4v) is 4.14. The van der Waals surface area contributed by atoms with Crippen molar-refractivity contribution in [1.29, 1.82) is 0 Å². The molecule has 2 aromatic heterocycles. The van der Waals surface area contributed by atoms with E-state index in [4.69, 9.17) is 0 Å². The molecule has 12 heteroatoms. The summed E-state index contributed by atoms with van der Waals surface area (Å²) in [5, 5.41) is 7.37. The molecule has 0 spiro atoms. The number of imidazole rings is 2. The van der Waals surface area contributed by atoms with Crippen LogP contribution in [-0.2, 0) is 19.7 Å². The maximum Gasteiger partial charge on any atom is 0.250 e. The molecule has 2 aromatic carbocycles. The number of para-hydroxylation sites is 4. The highest BCUT2D eigenvalue weighted by Crippen LogP contribution is 2.22. The number of nitrogens with zero attached hydrogens (tertiary/aromatic N) is 6. The highest BCUT2D eigenvalue weighted by Gasteiger charge is 2.22. The smallest absolute Gasteiger partial charge is 0.221 e. The van der Waals surface area contributed by atoms with Crippen LogP contribution in [0.5, 0.6) is 0 Å². The highest BCUT2D eigenvalue weighted by molar-refractivity contribution is 7.90. The van der Waals surface area contributed by atoms with Gasteiger partial charge in [-0.15, -0.1) is 0 Å². The standard InChI is InChI=1S/C16H14N6O4S2/c1-27(23,24)15-17-11-7-3-5-9-13(11)21(15)19-20-22-14-10-6-4-8-12(14)18-16(22)28(2,25)26/h3-10H,1-2H3. The summed E-state index contributed by atoms with van der Waals surface area (Å²) in [7, 11) is -7.42. The molecule has 0 aliphatic carbocycles. The molecular formula is C16H14N6O4S2. The lowest BCUT2D eigenvalue weighted by molar-refractivity contribution is 0.560. The van der Waals surface area contributed by atoms with E-state index in [9.17, 15) is 16.8 Å². The Balaban J connectivity index is 1.99. The second-order valence-corrected chi connectivity index (χ2v) is 9.93. The van der Waals surface area contributed by atoms with Crippen LogP contribution in [0.4, 0.5) is 0 Å². The summed E-state index contributed by atoms with van der Waals surface area (Å²) >= 11 is 0. The number of hydrogen-bond donors (Lipinski definition) is 0. The van der Waals surface area contributed by atoms with Crippen LogP contribution >= 0.6 is 0 Å². The Hall–Kier alpha value is -3.12. The van der Waals surface area contributed by atoms with Crippen LogP contribution in [0.1, 0.15) is 0 Å². The first-order valence-electron chi connectivity index (χ1n) is 7.93. The third-order valence-corrected chi connectivity index (χ3v) is 5.75. The van der Waals surface area contributed by atoms with Gasteiger partial charge in [-0.2, -0.15) is 9.35 Å². The number of benzene rings is 2. The van der Waals surface area contributed by atoms with Gasteiger partial charge >= 0.3 is 0 Å². The Morgan fingerprint density at radius 1 is 0.679 bits per heavy atom. The van der Waals surface area contributed by atoms with Crippen molar-refractivity contribution in [2.75, 3.05) is 12.5 Å². The van der Waals surface area contributed by atoms with Crippen LogP contribution in [0.2, 0.25) is 0 Å². The molecule has 28 heavy (non-hydrogen) atoms. The van der Waals surface area contributed by atoms with Crippen LogP contribution < -0.4 is 0 Å². The molecule has 144 valence electrons. The van der Waals surface area contributed by atoms with Gasteiger partial charge in [0, 0.05) is 12.5 Å². The zero-order valence-electron chi connectivity index (χ0n) is 14.8. The van der Waals surface area contributed by atoms with Gasteiger partial charge in [0.05, 0.1) is 22.1 Å². The largest absolute Gasteiger partial charge is 0.250 e. The molecule has 0 radical (unpaired) electrons. The Morgan fingerprint density at radius 3 is 1.39 bits per heavy atom. The summed E-state index contributed by atoms with van der Waals surface area (Å²) in [5.41, 5.74) is 1.66. The van der Waals surface area contributed by atoms with E-state index in [1.165, 1.54) is 0 Å². The minimum absolute atomic E-state index is 0.303. The predicted molar refractivity (Wildman–Crippen MR) is 101 cm³/mol. The number of aromatic nitrogens is 4. The average molecular weight is 418 g/mol. The predicted octanol–water partition coefficient (Wildman–Crippen LogP) is 1.87. The van der Waals surface area contributed by atoms with Crippen molar-refractivity contribution < 1.29 is 16.8 Å². The molecule has 10 nitrogen and oxygen atoms in total. The zero-order valence-corrected chi connectivity index (χ0v) is 16.4. The van der Waals surface area contributed by atoms with E-state index in [0.717, 1.165) is 21.9 Å². The van der Waals surface area contributed by atoms with E-state index >= 15 is 0 Å². The molecule has 4 rings (SSSR count). The number of sulfone groups is 2. The molecule has 0 aliphatic heterocycles. The first kappa shape index (κ1) is 18.3. The normalized spacial score (nSPS) is 13.1. The molecule has 0 N–H and O–H groups in total. The summed E-state index contributed by atoms with van der Waals surface area (Å²) < 4.78 is 50.6. The van der Waals surface area contributed by atoms with E-state index in [0.29, 0.717) is 22.1 Å². The molecule has 0 bridgehead atoms. The van der Waals surface area contributed by atoms with Gasteiger partial charge in [0.1, 0.15) is 0 Å². The molecule has 0 saturated heterocycles. The van der Waals surface area contributed by atoms with Gasteiger partial charge in [0.25, 0.3) is 10.3 Å². The van der Waals surface area contributed by atoms with Gasteiger partial charge < -0.3 is 0 Å². The lowest BCUT2D eigenvalue weighted by Crippen LogP contribution is -2.08. The third-order valence-electron chi connectivity index (χ3n) is 3.90. The Morgan fingerprint density at radius 2 is 1.04 bits per heavy atom. The first-order chi connectivity index (χ1) is 13.2. The molecule has 0 atom stereocenters. The quantitative estimate of drug-likeness (QED) is 0.465. The maximum absolute atomic E-state index is 12.1. The Bertz CT molecular complexity index is 1350. The topological polar surface area (TPSA) is 129 Å². The van der Waals surface area contributed by atoms with E-state index in [1.807, 2.05) is 0 Å². The van der Waals surface area contributed by atoms with Crippen LogP contribution in [0.25, 0.3) is 22.1 Å². The summed E-state index contributed by atoms with van der Waals surface area (Å²) in [4.78, 5) is 8.19. The summed E-state index contributed by atoms with van der Waals surface area (Å²) in [6, 6.07) is 13.4. The molecule has 0 aliphatic rings. The van der Waals surface area contributed by atoms with Crippen molar-refractivity contribution in [3.8, 4) is 0 Å². The van der Waals surface area contributed by atoms with Crippen molar-refractivity contribution in [3.63, 3.8) is 0 Å². The SMILES string of the molecule is CS(=O)(=O)c1nc2ccccc2n1N=Nn1c(S(C)(=O)=O)nc2ccccc21. The highest BCUT2D eigenvalue weighted by atomic mass is 32.2. The van der Waals surface area contributed by atoms with Crippen LogP contribution in [0, 0.1) is 0 Å². The summed E-state index contributed by atoms with van der Waals surface area (Å²) in [5.74, 6) is 0. The summed E-state index contributed by atoms with van der Waals surface area (Å²) in [6.45, 7) is 0. The van der Waals surface area contributed by atoms with E-state index < -0.39 is 19.7 Å². The van der Waals surface area contributed by atoms with Crippen molar-refractivity contribution in [3.05, 3.63) is 48.5 Å². The van der Waals surface area contributed by atoms with Crippen molar-refractivity contribution in [1.82, 2.24) is 19.3 Å². The lowest BCUT2D eigenvalue weighted by atomic mass is 10.3. The second-order valence-electron chi connectivity index (χ2n) is 6.11. The van der Waals surface area contributed by atoms with E-state index in [-0.39, 0.29) is 10.3 Å². The van der Waals surface area contributed by atoms with E-state index in [1.54, 1.807) is 48.5 Å². The van der Waals surface area contributed by atoms with Crippen molar-refractivity contribution >= 4 is 41.7 Å². The maximum atomic E-state index is 12.1. The zero-order chi connectivity index (χ0) is 20.1. The minimum atomic E-state index is -3.71. The molecule has 0 unspecified atom stereocenters. The van der Waals surface area contributed by atoms with Crippen LogP contribution in [0.15, 0.2) is 69.3 Å². The Kier molecular flexibility index (Phi) is 4.05. The monoisotopic (exact) mass is 418 g/mol. The number of fused-ring (bicyclic) bond motifs is 2. The molecule has 4 aromatic rings. The van der Waals surface area contributed by atoms with E-state index in [2.05, 4.69) is 20.4 Å². The average Bonchev–Trinajstić information content (AvgIpc) is 3.18. The molecule has 2 heterocycles. The van der Waals surface area contributed by atoms with Gasteiger partial charge in [-0.1, -0.05) is 24.3 Å².